The number of benzene rings is 3. The average Bonchev–Trinajstić information content (AvgIpc) is 3.56. The fourth-order valence-electron chi connectivity index (χ4n) is 5.37. The van der Waals surface area contributed by atoms with E-state index in [1.807, 2.05) is 17.0 Å². The molecule has 2 atom stereocenters. The van der Waals surface area contributed by atoms with E-state index in [0.717, 1.165) is 48.6 Å². The van der Waals surface area contributed by atoms with Crippen LogP contribution in [0.5, 0.6) is 0 Å². The Morgan fingerprint density at radius 3 is 2.38 bits per heavy atom. The minimum atomic E-state index is -0.281. The zero-order valence-corrected chi connectivity index (χ0v) is 20.7. The van der Waals surface area contributed by atoms with Crippen LogP contribution in [0.25, 0.3) is 11.0 Å². The van der Waals surface area contributed by atoms with E-state index in [1.165, 1.54) is 17.7 Å². The van der Waals surface area contributed by atoms with Gasteiger partial charge in [-0.1, -0.05) is 54.6 Å². The van der Waals surface area contributed by atoms with Crippen LogP contribution in [-0.4, -0.2) is 57.5 Å². The van der Waals surface area contributed by atoms with E-state index in [4.69, 9.17) is 4.98 Å². The molecule has 4 aromatic rings. The third kappa shape index (κ3) is 5.13. The fourth-order valence-corrected chi connectivity index (χ4v) is 5.37. The molecule has 1 amide bonds. The molecule has 1 aromatic heterocycles. The molecule has 0 bridgehead atoms. The van der Waals surface area contributed by atoms with E-state index in [-0.39, 0.29) is 23.8 Å². The molecule has 6 rings (SSSR count). The van der Waals surface area contributed by atoms with Crippen molar-refractivity contribution in [1.29, 1.82) is 0 Å². The number of aromatic nitrogens is 2. The van der Waals surface area contributed by atoms with Crippen molar-refractivity contribution in [2.24, 2.45) is 0 Å². The van der Waals surface area contributed by atoms with Gasteiger partial charge in [-0.3, -0.25) is 9.69 Å². The third-order valence-electron chi connectivity index (χ3n) is 7.44. The van der Waals surface area contributed by atoms with Crippen LogP contribution in [0.2, 0.25) is 0 Å². The largest absolute Gasteiger partial charge is 0.339 e. The molecule has 0 saturated carbocycles. The summed E-state index contributed by atoms with van der Waals surface area (Å²) in [5.74, 6) is 0.914. The van der Waals surface area contributed by atoms with Gasteiger partial charge in [0.2, 0.25) is 5.91 Å². The molecule has 0 spiro atoms. The van der Waals surface area contributed by atoms with Crippen LogP contribution in [0.1, 0.15) is 29.4 Å². The Morgan fingerprint density at radius 1 is 0.865 bits per heavy atom. The van der Waals surface area contributed by atoms with Crippen LogP contribution in [0.4, 0.5) is 4.39 Å². The molecule has 7 nitrogen and oxygen atoms in total. The minimum absolute atomic E-state index is 0.00607. The predicted molar refractivity (Wildman–Crippen MR) is 141 cm³/mol. The highest BCUT2D eigenvalue weighted by molar-refractivity contribution is 5.82. The lowest BCUT2D eigenvalue weighted by Gasteiger charge is -2.35. The molecule has 190 valence electrons. The maximum Gasteiger partial charge on any atom is 0.241 e. The number of nitrogens with zero attached hydrogens (tertiary/aromatic N) is 4. The molecule has 3 aromatic carbocycles. The SMILES string of the molecule is O=C(C1CC(c2ccc(F)cc2)NN1)N1CCN(Cc2nc3ccccc3n2Cc2ccccc2)CC1. The molecule has 2 unspecified atom stereocenters. The highest BCUT2D eigenvalue weighted by Crippen LogP contribution is 2.24. The first-order valence-electron chi connectivity index (χ1n) is 12.9. The standard InChI is InChI=1S/C29H31FN6O/c30-23-12-10-22(11-13-23)25-18-26(33-32-25)29(37)35-16-14-34(15-17-35)20-28-31-24-8-4-5-9-27(24)36(28)19-21-6-2-1-3-7-21/h1-13,25-26,32-33H,14-20H2. The number of nitrogens with one attached hydrogen (secondary N) is 2. The number of hydrogen-bond donors (Lipinski definition) is 2. The summed E-state index contributed by atoms with van der Waals surface area (Å²) in [5, 5.41) is 0. The van der Waals surface area contributed by atoms with Crippen LogP contribution in [0.3, 0.4) is 0 Å². The second kappa shape index (κ2) is 10.4. The minimum Gasteiger partial charge on any atom is -0.339 e. The Labute approximate surface area is 215 Å². The maximum absolute atomic E-state index is 13.3. The summed E-state index contributed by atoms with van der Waals surface area (Å²) in [7, 11) is 0. The zero-order valence-electron chi connectivity index (χ0n) is 20.7. The average molecular weight is 499 g/mol. The quantitative estimate of drug-likeness (QED) is 0.426. The number of hydrazine groups is 1. The predicted octanol–water partition coefficient (Wildman–Crippen LogP) is 3.48. The number of imidazole rings is 1. The number of hydrogen-bond acceptors (Lipinski definition) is 5. The Kier molecular flexibility index (Phi) is 6.70. The number of amides is 1. The van der Waals surface area contributed by atoms with Crippen molar-refractivity contribution in [3.05, 3.63) is 102 Å². The smallest absolute Gasteiger partial charge is 0.241 e. The number of halogens is 1. The van der Waals surface area contributed by atoms with Gasteiger partial charge in [0.05, 0.1) is 17.6 Å². The maximum atomic E-state index is 13.3. The molecule has 8 heteroatoms. The number of carbonyl (C=O) groups excluding carboxylic acids is 1. The number of carbonyl (C=O) groups is 1. The van der Waals surface area contributed by atoms with E-state index in [2.05, 4.69) is 62.8 Å². The number of piperazine rings is 1. The molecular weight excluding hydrogens is 467 g/mol. The second-order valence-electron chi connectivity index (χ2n) is 9.87. The van der Waals surface area contributed by atoms with Crippen molar-refractivity contribution >= 4 is 16.9 Å². The van der Waals surface area contributed by atoms with Gasteiger partial charge in [0, 0.05) is 38.8 Å². The third-order valence-corrected chi connectivity index (χ3v) is 7.44. The van der Waals surface area contributed by atoms with Crippen molar-refractivity contribution in [3.63, 3.8) is 0 Å². The molecule has 2 aliphatic heterocycles. The van der Waals surface area contributed by atoms with Gasteiger partial charge >= 0.3 is 0 Å². The van der Waals surface area contributed by atoms with Crippen molar-refractivity contribution in [3.8, 4) is 0 Å². The first kappa shape index (κ1) is 23.8. The van der Waals surface area contributed by atoms with Crippen molar-refractivity contribution in [2.45, 2.75) is 31.6 Å². The molecular formula is C29H31FN6O. The second-order valence-corrected chi connectivity index (χ2v) is 9.87. The summed E-state index contributed by atoms with van der Waals surface area (Å²) >= 11 is 0. The fraction of sp³-hybridized carbons (Fsp3) is 0.310. The number of fused-ring (bicyclic) bond motifs is 1. The first-order chi connectivity index (χ1) is 18.1. The summed E-state index contributed by atoms with van der Waals surface area (Å²) in [6.07, 6.45) is 0.647. The van der Waals surface area contributed by atoms with E-state index in [0.29, 0.717) is 19.5 Å². The monoisotopic (exact) mass is 498 g/mol. The van der Waals surface area contributed by atoms with Crippen molar-refractivity contribution < 1.29 is 9.18 Å². The van der Waals surface area contributed by atoms with E-state index >= 15 is 0 Å². The number of para-hydroxylation sites is 2. The van der Waals surface area contributed by atoms with Gasteiger partial charge in [-0.2, -0.15) is 0 Å². The van der Waals surface area contributed by atoms with Gasteiger partial charge in [-0.05, 0) is 41.8 Å². The summed E-state index contributed by atoms with van der Waals surface area (Å²) in [5.41, 5.74) is 10.7. The summed E-state index contributed by atoms with van der Waals surface area (Å²) in [4.78, 5) is 22.5. The molecule has 37 heavy (non-hydrogen) atoms. The van der Waals surface area contributed by atoms with Gasteiger partial charge in [0.1, 0.15) is 17.7 Å². The topological polar surface area (TPSA) is 65.4 Å². The van der Waals surface area contributed by atoms with Crippen LogP contribution in [0.15, 0.2) is 78.9 Å². The van der Waals surface area contributed by atoms with Crippen LogP contribution in [0, 0.1) is 5.82 Å². The van der Waals surface area contributed by atoms with Crippen molar-refractivity contribution in [1.82, 2.24) is 30.2 Å². The summed E-state index contributed by atoms with van der Waals surface area (Å²) in [6.45, 7) is 4.53. The van der Waals surface area contributed by atoms with Crippen LogP contribution < -0.4 is 10.9 Å². The first-order valence-corrected chi connectivity index (χ1v) is 12.9. The normalized spacial score (nSPS) is 20.5. The molecule has 2 saturated heterocycles. The van der Waals surface area contributed by atoms with Gasteiger partial charge < -0.3 is 9.47 Å². The molecule has 2 aliphatic rings. The lowest BCUT2D eigenvalue weighted by molar-refractivity contribution is -0.135. The van der Waals surface area contributed by atoms with E-state index < -0.39 is 0 Å². The Morgan fingerprint density at radius 2 is 1.59 bits per heavy atom. The number of rotatable bonds is 6. The summed E-state index contributed by atoms with van der Waals surface area (Å²) in [6, 6.07) is 24.9. The Hall–Kier alpha value is -3.59. The van der Waals surface area contributed by atoms with E-state index in [9.17, 15) is 9.18 Å². The molecule has 3 heterocycles. The summed E-state index contributed by atoms with van der Waals surface area (Å²) < 4.78 is 15.6. The lowest BCUT2D eigenvalue weighted by atomic mass is 10.0. The molecule has 2 fully saturated rings. The lowest BCUT2D eigenvalue weighted by Crippen LogP contribution is -2.53. The van der Waals surface area contributed by atoms with E-state index in [1.54, 1.807) is 12.1 Å². The van der Waals surface area contributed by atoms with Gasteiger partial charge in [0.25, 0.3) is 0 Å². The zero-order chi connectivity index (χ0) is 25.2. The van der Waals surface area contributed by atoms with Crippen LogP contribution >= 0.6 is 0 Å². The van der Waals surface area contributed by atoms with Gasteiger partial charge in [-0.25, -0.2) is 20.2 Å². The highest BCUT2D eigenvalue weighted by atomic mass is 19.1. The van der Waals surface area contributed by atoms with Crippen LogP contribution in [-0.2, 0) is 17.9 Å². The van der Waals surface area contributed by atoms with Gasteiger partial charge in [0.15, 0.2) is 0 Å². The Balaban J connectivity index is 1.08. The highest BCUT2D eigenvalue weighted by Gasteiger charge is 2.34. The van der Waals surface area contributed by atoms with Crippen molar-refractivity contribution in [2.75, 3.05) is 26.2 Å². The molecule has 0 aliphatic carbocycles. The van der Waals surface area contributed by atoms with Gasteiger partial charge in [-0.15, -0.1) is 0 Å². The molecule has 0 radical (unpaired) electrons. The molecule has 2 N–H and O–H groups in total. The Bertz CT molecular complexity index is 1360.